The number of benzene rings is 3. The largest absolute Gasteiger partial charge is 0.457 e. The molecule has 4 heteroatoms. The van der Waals surface area contributed by atoms with Crippen LogP contribution in [0.2, 0.25) is 0 Å². The average Bonchev–Trinajstić information content (AvgIpc) is 3.07. The molecule has 0 bridgehead atoms. The van der Waals surface area contributed by atoms with Crippen molar-refractivity contribution in [2.24, 2.45) is 4.99 Å². The Balaban J connectivity index is 1.65. The fourth-order valence-electron chi connectivity index (χ4n) is 3.53. The number of hydrogen-bond acceptors (Lipinski definition) is 3. The van der Waals surface area contributed by atoms with Gasteiger partial charge in [-0.25, -0.2) is 4.68 Å². The molecule has 0 aliphatic heterocycles. The summed E-state index contributed by atoms with van der Waals surface area (Å²) in [7, 11) is 0. The molecule has 4 nitrogen and oxygen atoms in total. The van der Waals surface area contributed by atoms with Crippen molar-refractivity contribution in [3.05, 3.63) is 109 Å². The molecule has 0 radical (unpaired) electrons. The molecule has 0 N–H and O–H groups in total. The van der Waals surface area contributed by atoms with Gasteiger partial charge in [-0.1, -0.05) is 55.1 Å². The normalized spacial score (nSPS) is 11.0. The second kappa shape index (κ2) is 8.62. The number of aryl methyl sites for hydroxylation is 1. The minimum Gasteiger partial charge on any atom is -0.457 e. The van der Waals surface area contributed by atoms with E-state index < -0.39 is 0 Å². The van der Waals surface area contributed by atoms with Crippen molar-refractivity contribution in [1.82, 2.24) is 9.78 Å². The van der Waals surface area contributed by atoms with Crippen LogP contribution in [0.15, 0.2) is 96.6 Å². The lowest BCUT2D eigenvalue weighted by Crippen LogP contribution is -1.99. The van der Waals surface area contributed by atoms with Crippen molar-refractivity contribution in [1.29, 1.82) is 0 Å². The summed E-state index contributed by atoms with van der Waals surface area (Å²) >= 11 is 0. The molecule has 1 aromatic heterocycles. The number of aromatic nitrogens is 2. The lowest BCUT2D eigenvalue weighted by Gasteiger charge is -2.10. The lowest BCUT2D eigenvalue weighted by atomic mass is 10.0. The van der Waals surface area contributed by atoms with Crippen molar-refractivity contribution in [3.8, 4) is 28.3 Å². The molecule has 0 spiro atoms. The highest BCUT2D eigenvalue weighted by molar-refractivity contribution is 5.80. The molecule has 0 amide bonds. The average molecular weight is 393 g/mol. The van der Waals surface area contributed by atoms with Gasteiger partial charge < -0.3 is 4.74 Å². The number of ether oxygens (including phenoxy) is 1. The van der Waals surface area contributed by atoms with Gasteiger partial charge in [0.05, 0.1) is 11.4 Å². The smallest absolute Gasteiger partial charge is 0.129 e. The molecule has 0 fully saturated rings. The SMILES string of the molecule is C=CN=Cc1cccc(Oc2cccc(-n3nc(C)c(-c4ccccc4)c3C)c2)c1. The van der Waals surface area contributed by atoms with Gasteiger partial charge in [0.2, 0.25) is 0 Å². The van der Waals surface area contributed by atoms with E-state index in [-0.39, 0.29) is 0 Å². The maximum Gasteiger partial charge on any atom is 0.129 e. The summed E-state index contributed by atoms with van der Waals surface area (Å²) in [6.07, 6.45) is 3.26. The third-order valence-electron chi connectivity index (χ3n) is 4.84. The summed E-state index contributed by atoms with van der Waals surface area (Å²) < 4.78 is 8.06. The monoisotopic (exact) mass is 393 g/mol. The lowest BCUT2D eigenvalue weighted by molar-refractivity contribution is 0.482. The predicted molar refractivity (Wildman–Crippen MR) is 123 cm³/mol. The van der Waals surface area contributed by atoms with E-state index in [1.165, 1.54) is 11.8 Å². The summed E-state index contributed by atoms with van der Waals surface area (Å²) in [6.45, 7) is 7.74. The van der Waals surface area contributed by atoms with Crippen LogP contribution in [0.1, 0.15) is 17.0 Å². The maximum atomic E-state index is 6.09. The molecule has 30 heavy (non-hydrogen) atoms. The van der Waals surface area contributed by atoms with Crippen molar-refractivity contribution in [2.75, 3.05) is 0 Å². The molecule has 0 atom stereocenters. The third-order valence-corrected chi connectivity index (χ3v) is 4.84. The molecule has 4 aromatic rings. The highest BCUT2D eigenvalue weighted by atomic mass is 16.5. The van der Waals surface area contributed by atoms with Gasteiger partial charge in [0.15, 0.2) is 0 Å². The highest BCUT2D eigenvalue weighted by Gasteiger charge is 2.14. The van der Waals surface area contributed by atoms with Crippen molar-refractivity contribution >= 4 is 6.21 Å². The topological polar surface area (TPSA) is 39.4 Å². The number of nitrogens with zero attached hydrogens (tertiary/aromatic N) is 3. The van der Waals surface area contributed by atoms with Crippen molar-refractivity contribution in [2.45, 2.75) is 13.8 Å². The Morgan fingerprint density at radius 1 is 0.900 bits per heavy atom. The molecule has 0 saturated heterocycles. The maximum absolute atomic E-state index is 6.09. The molecule has 0 unspecified atom stereocenters. The molecule has 1 heterocycles. The van der Waals surface area contributed by atoms with Gasteiger partial charge in [-0.05, 0) is 49.2 Å². The Hall–Kier alpha value is -3.92. The highest BCUT2D eigenvalue weighted by Crippen LogP contribution is 2.30. The quantitative estimate of drug-likeness (QED) is 0.350. The zero-order valence-electron chi connectivity index (χ0n) is 17.1. The molecular formula is C26H23N3O. The van der Waals surface area contributed by atoms with Crippen LogP contribution in [0.4, 0.5) is 0 Å². The number of hydrogen-bond donors (Lipinski definition) is 0. The Morgan fingerprint density at radius 3 is 2.40 bits per heavy atom. The van der Waals surface area contributed by atoms with E-state index >= 15 is 0 Å². The van der Waals surface area contributed by atoms with Gasteiger partial charge >= 0.3 is 0 Å². The van der Waals surface area contributed by atoms with Crippen LogP contribution < -0.4 is 4.74 Å². The second-order valence-electron chi connectivity index (χ2n) is 6.96. The van der Waals surface area contributed by atoms with E-state index in [9.17, 15) is 0 Å². The Bertz CT molecular complexity index is 1210. The van der Waals surface area contributed by atoms with E-state index in [1.54, 1.807) is 6.21 Å². The molecule has 148 valence electrons. The summed E-state index contributed by atoms with van der Waals surface area (Å²) in [4.78, 5) is 4.06. The molecule has 3 aromatic carbocycles. The summed E-state index contributed by atoms with van der Waals surface area (Å²) in [5.41, 5.74) is 6.34. The van der Waals surface area contributed by atoms with Crippen molar-refractivity contribution < 1.29 is 4.74 Å². The van der Waals surface area contributed by atoms with Crippen molar-refractivity contribution in [3.63, 3.8) is 0 Å². The first-order chi connectivity index (χ1) is 14.7. The molecule has 4 rings (SSSR count). The van der Waals surface area contributed by atoms with Crippen LogP contribution >= 0.6 is 0 Å². The van der Waals surface area contributed by atoms with Crippen LogP contribution in [0.3, 0.4) is 0 Å². The summed E-state index contributed by atoms with van der Waals surface area (Å²) in [5, 5.41) is 4.79. The van der Waals surface area contributed by atoms with Gasteiger partial charge in [-0.15, -0.1) is 0 Å². The van der Waals surface area contributed by atoms with Gasteiger partial charge in [0.25, 0.3) is 0 Å². The van der Waals surface area contributed by atoms with Crippen LogP contribution in [0.5, 0.6) is 11.5 Å². The Labute approximate surface area is 176 Å². The van der Waals surface area contributed by atoms with Gasteiger partial charge in [0.1, 0.15) is 11.5 Å². The fraction of sp³-hybridized carbons (Fsp3) is 0.0769. The Kier molecular flexibility index (Phi) is 5.57. The van der Waals surface area contributed by atoms with E-state index in [0.717, 1.165) is 39.7 Å². The first-order valence-corrected chi connectivity index (χ1v) is 9.80. The fourth-order valence-corrected chi connectivity index (χ4v) is 3.53. The number of aliphatic imine (C=N–C) groups is 1. The third kappa shape index (κ3) is 4.08. The van der Waals surface area contributed by atoms with Gasteiger partial charge in [0, 0.05) is 29.7 Å². The van der Waals surface area contributed by atoms with Gasteiger partial charge in [-0.3, -0.25) is 4.99 Å². The van der Waals surface area contributed by atoms with E-state index in [2.05, 4.69) is 30.6 Å². The van der Waals surface area contributed by atoms with Crippen LogP contribution in [-0.4, -0.2) is 16.0 Å². The minimum absolute atomic E-state index is 0.749. The molecule has 0 aliphatic carbocycles. The van der Waals surface area contributed by atoms with E-state index in [4.69, 9.17) is 9.84 Å². The standard InChI is InChI=1S/C26H23N3O/c1-4-27-18-21-10-8-14-24(16-21)30-25-15-9-13-23(17-25)29-20(3)26(19(2)28-29)22-11-6-5-7-12-22/h4-18H,1H2,2-3H3. The first-order valence-electron chi connectivity index (χ1n) is 9.80. The van der Waals surface area contributed by atoms with Crippen LogP contribution in [0.25, 0.3) is 16.8 Å². The van der Waals surface area contributed by atoms with E-state index in [1.807, 2.05) is 78.3 Å². The van der Waals surface area contributed by atoms with E-state index in [0.29, 0.717) is 0 Å². The zero-order chi connectivity index (χ0) is 20.9. The zero-order valence-corrected chi connectivity index (χ0v) is 17.1. The molecular weight excluding hydrogens is 370 g/mol. The predicted octanol–water partition coefficient (Wildman–Crippen LogP) is 6.51. The number of rotatable bonds is 6. The molecule has 0 aliphatic rings. The van der Waals surface area contributed by atoms with Crippen LogP contribution in [-0.2, 0) is 0 Å². The molecule has 0 saturated carbocycles. The minimum atomic E-state index is 0.749. The first kappa shape index (κ1) is 19.4. The Morgan fingerprint density at radius 2 is 1.63 bits per heavy atom. The summed E-state index contributed by atoms with van der Waals surface area (Å²) in [5.74, 6) is 1.50. The summed E-state index contributed by atoms with van der Waals surface area (Å²) in [6, 6.07) is 26.1. The van der Waals surface area contributed by atoms with Crippen LogP contribution in [0, 0.1) is 13.8 Å². The van der Waals surface area contributed by atoms with Gasteiger partial charge in [-0.2, -0.15) is 5.10 Å². The second-order valence-corrected chi connectivity index (χ2v) is 6.96.